The van der Waals surface area contributed by atoms with Crippen LogP contribution in [0.1, 0.15) is 40.9 Å². The number of aromatic nitrogens is 3. The maximum atomic E-state index is 12.6. The number of Topliss-reactive ketones (excluding diaryl/α,β-unsaturated/α-hetero) is 1. The van der Waals surface area contributed by atoms with Crippen molar-refractivity contribution >= 4 is 28.4 Å². The number of amides is 1. The minimum atomic E-state index is -0.174. The lowest BCUT2D eigenvalue weighted by Gasteiger charge is -2.12. The van der Waals surface area contributed by atoms with Gasteiger partial charge < -0.3 is 10.1 Å². The van der Waals surface area contributed by atoms with E-state index in [4.69, 9.17) is 9.72 Å². The van der Waals surface area contributed by atoms with Crippen LogP contribution >= 0.6 is 0 Å². The highest BCUT2D eigenvalue weighted by molar-refractivity contribution is 5.96. The van der Waals surface area contributed by atoms with Crippen LogP contribution in [0.3, 0.4) is 0 Å². The average Bonchev–Trinajstić information content (AvgIpc) is 3.18. The van der Waals surface area contributed by atoms with Crippen LogP contribution < -0.4 is 10.1 Å². The fourth-order valence-corrected chi connectivity index (χ4v) is 3.79. The van der Waals surface area contributed by atoms with Crippen LogP contribution in [0.5, 0.6) is 5.75 Å². The molecule has 0 spiro atoms. The highest BCUT2D eigenvalue weighted by Crippen LogP contribution is 2.28. The number of methoxy groups -OCH3 is 1. The Morgan fingerprint density at radius 3 is 2.55 bits per heavy atom. The molecule has 33 heavy (non-hydrogen) atoms. The van der Waals surface area contributed by atoms with Crippen molar-refractivity contribution < 1.29 is 14.3 Å². The topological polar surface area (TPSA) is 86.1 Å². The molecule has 0 unspecified atom stereocenters. The van der Waals surface area contributed by atoms with Gasteiger partial charge in [-0.25, -0.2) is 4.98 Å². The number of fused-ring (bicyclic) bond motifs is 1. The van der Waals surface area contributed by atoms with Crippen LogP contribution in [0, 0.1) is 13.8 Å². The van der Waals surface area contributed by atoms with Gasteiger partial charge in [-0.1, -0.05) is 42.5 Å². The standard InChI is InChI=1S/C26H26N4O3/c1-17-15-23(28-26-20(17)11-7-13-22(26)33-3)30-24(16-18(2)29-30)27-25(32)14-8-12-21(31)19-9-5-4-6-10-19/h4-7,9-11,13,15-16H,8,12,14H2,1-3H3,(H,27,32). The van der Waals surface area contributed by atoms with E-state index in [1.54, 1.807) is 30.0 Å². The van der Waals surface area contributed by atoms with Gasteiger partial charge >= 0.3 is 0 Å². The summed E-state index contributed by atoms with van der Waals surface area (Å²) in [6.45, 7) is 3.87. The molecule has 0 fully saturated rings. The molecular formula is C26H26N4O3. The van der Waals surface area contributed by atoms with Crippen LogP contribution in [0.2, 0.25) is 0 Å². The monoisotopic (exact) mass is 442 g/mol. The summed E-state index contributed by atoms with van der Waals surface area (Å²) in [7, 11) is 1.62. The predicted octanol–water partition coefficient (Wildman–Crippen LogP) is 5.04. The number of rotatable bonds is 8. The minimum absolute atomic E-state index is 0.0362. The average molecular weight is 443 g/mol. The molecule has 1 amide bonds. The van der Waals surface area contributed by atoms with Crippen LogP contribution in [0.25, 0.3) is 16.7 Å². The Balaban J connectivity index is 1.50. The third-order valence-corrected chi connectivity index (χ3v) is 5.44. The minimum Gasteiger partial charge on any atom is -0.494 e. The van der Waals surface area contributed by atoms with Gasteiger partial charge in [0.15, 0.2) is 11.6 Å². The Kier molecular flexibility index (Phi) is 6.49. The van der Waals surface area contributed by atoms with E-state index in [0.717, 1.165) is 22.2 Å². The summed E-state index contributed by atoms with van der Waals surface area (Å²) in [5.41, 5.74) is 3.18. The number of benzene rings is 2. The molecule has 0 saturated heterocycles. The zero-order valence-electron chi connectivity index (χ0n) is 19.0. The van der Waals surface area contributed by atoms with Crippen molar-refractivity contribution in [3.63, 3.8) is 0 Å². The predicted molar refractivity (Wildman–Crippen MR) is 128 cm³/mol. The van der Waals surface area contributed by atoms with Crippen molar-refractivity contribution in [2.24, 2.45) is 0 Å². The van der Waals surface area contributed by atoms with Crippen molar-refractivity contribution in [3.05, 3.63) is 77.5 Å². The molecule has 2 heterocycles. The first kappa shape index (κ1) is 22.2. The second-order valence-electron chi connectivity index (χ2n) is 7.93. The molecule has 0 saturated carbocycles. The van der Waals surface area contributed by atoms with Gasteiger partial charge in [0.25, 0.3) is 0 Å². The maximum absolute atomic E-state index is 12.6. The Bertz CT molecular complexity index is 1310. The lowest BCUT2D eigenvalue weighted by atomic mass is 10.1. The summed E-state index contributed by atoms with van der Waals surface area (Å²) in [5, 5.41) is 8.44. The number of hydrogen-bond acceptors (Lipinski definition) is 5. The van der Waals surface area contributed by atoms with Gasteiger partial charge in [0.05, 0.1) is 12.8 Å². The second-order valence-corrected chi connectivity index (χ2v) is 7.93. The maximum Gasteiger partial charge on any atom is 0.225 e. The number of carbonyl (C=O) groups excluding carboxylic acids is 2. The quantitative estimate of drug-likeness (QED) is 0.387. The lowest BCUT2D eigenvalue weighted by Crippen LogP contribution is -2.15. The summed E-state index contributed by atoms with van der Waals surface area (Å²) < 4.78 is 7.11. The van der Waals surface area contributed by atoms with Crippen LogP contribution in [0.15, 0.2) is 60.7 Å². The first-order chi connectivity index (χ1) is 16.0. The summed E-state index contributed by atoms with van der Waals surface area (Å²) in [5.74, 6) is 1.66. The zero-order valence-corrected chi connectivity index (χ0v) is 19.0. The summed E-state index contributed by atoms with van der Waals surface area (Å²) in [6, 6.07) is 18.7. The number of anilines is 1. The zero-order chi connectivity index (χ0) is 23.4. The molecule has 2 aromatic heterocycles. The molecule has 168 valence electrons. The highest BCUT2D eigenvalue weighted by atomic mass is 16.5. The molecule has 0 bridgehead atoms. The Morgan fingerprint density at radius 1 is 1.00 bits per heavy atom. The molecule has 0 aliphatic carbocycles. The van der Waals surface area contributed by atoms with Gasteiger partial charge in [0, 0.05) is 29.9 Å². The van der Waals surface area contributed by atoms with Crippen molar-refractivity contribution in [2.45, 2.75) is 33.1 Å². The largest absolute Gasteiger partial charge is 0.494 e. The van der Waals surface area contributed by atoms with Gasteiger partial charge in [-0.15, -0.1) is 0 Å². The molecule has 0 aliphatic heterocycles. The van der Waals surface area contributed by atoms with E-state index in [1.807, 2.05) is 56.3 Å². The van der Waals surface area contributed by atoms with E-state index in [2.05, 4.69) is 10.4 Å². The molecule has 0 aliphatic rings. The van der Waals surface area contributed by atoms with Crippen molar-refractivity contribution in [3.8, 4) is 11.6 Å². The van der Waals surface area contributed by atoms with Crippen LogP contribution in [-0.4, -0.2) is 33.6 Å². The van der Waals surface area contributed by atoms with Gasteiger partial charge in [-0.2, -0.15) is 9.78 Å². The number of pyridine rings is 1. The number of ketones is 1. The fourth-order valence-electron chi connectivity index (χ4n) is 3.79. The normalized spacial score (nSPS) is 10.9. The van der Waals surface area contributed by atoms with E-state index in [9.17, 15) is 9.59 Å². The number of hydrogen-bond donors (Lipinski definition) is 1. The molecule has 4 aromatic rings. The Labute approximate surface area is 192 Å². The summed E-state index contributed by atoms with van der Waals surface area (Å²) in [4.78, 5) is 29.6. The first-order valence-corrected chi connectivity index (χ1v) is 10.9. The van der Waals surface area contributed by atoms with Gasteiger partial charge in [-0.3, -0.25) is 9.59 Å². The van der Waals surface area contributed by atoms with Crippen molar-refractivity contribution in [1.29, 1.82) is 0 Å². The van der Waals surface area contributed by atoms with E-state index < -0.39 is 0 Å². The van der Waals surface area contributed by atoms with Gasteiger partial charge in [0.1, 0.15) is 17.1 Å². The van der Waals surface area contributed by atoms with E-state index in [1.165, 1.54) is 0 Å². The summed E-state index contributed by atoms with van der Waals surface area (Å²) in [6.07, 6.45) is 1.03. The number of aryl methyl sites for hydroxylation is 2. The molecule has 7 heteroatoms. The smallest absolute Gasteiger partial charge is 0.225 e. The Morgan fingerprint density at radius 2 is 1.79 bits per heavy atom. The molecule has 4 rings (SSSR count). The molecule has 7 nitrogen and oxygen atoms in total. The van der Waals surface area contributed by atoms with Crippen molar-refractivity contribution in [1.82, 2.24) is 14.8 Å². The third-order valence-electron chi connectivity index (χ3n) is 5.44. The van der Waals surface area contributed by atoms with Crippen LogP contribution in [-0.2, 0) is 4.79 Å². The summed E-state index contributed by atoms with van der Waals surface area (Å²) >= 11 is 0. The Hall–Kier alpha value is -4.00. The molecule has 2 aromatic carbocycles. The van der Waals surface area contributed by atoms with Crippen molar-refractivity contribution in [2.75, 3.05) is 12.4 Å². The number of nitrogens with one attached hydrogen (secondary N) is 1. The number of para-hydroxylation sites is 1. The van der Waals surface area contributed by atoms with Gasteiger partial charge in [-0.05, 0) is 38.0 Å². The molecular weight excluding hydrogens is 416 g/mol. The number of carbonyl (C=O) groups is 2. The van der Waals surface area contributed by atoms with E-state index in [-0.39, 0.29) is 18.1 Å². The third kappa shape index (κ3) is 4.92. The van der Waals surface area contributed by atoms with E-state index in [0.29, 0.717) is 35.8 Å². The molecule has 0 atom stereocenters. The van der Waals surface area contributed by atoms with Gasteiger partial charge in [0.2, 0.25) is 5.91 Å². The van der Waals surface area contributed by atoms with Crippen LogP contribution in [0.4, 0.5) is 5.82 Å². The number of ether oxygens (including phenoxy) is 1. The molecule has 1 N–H and O–H groups in total. The highest BCUT2D eigenvalue weighted by Gasteiger charge is 2.15. The second kappa shape index (κ2) is 9.65. The fraction of sp³-hybridized carbons (Fsp3) is 0.231. The lowest BCUT2D eigenvalue weighted by molar-refractivity contribution is -0.116. The number of nitrogens with zero attached hydrogens (tertiary/aromatic N) is 3. The van der Waals surface area contributed by atoms with E-state index >= 15 is 0 Å². The SMILES string of the molecule is COc1cccc2c(C)cc(-n3nc(C)cc3NC(=O)CCCC(=O)c3ccccc3)nc12. The first-order valence-electron chi connectivity index (χ1n) is 10.9. The molecule has 0 radical (unpaired) electrons.